The second kappa shape index (κ2) is 7.70. The molecule has 0 radical (unpaired) electrons. The molecule has 6 heteroatoms. The zero-order valence-corrected chi connectivity index (χ0v) is 12.8. The zero-order chi connectivity index (χ0) is 17.5. The van der Waals surface area contributed by atoms with E-state index in [0.717, 1.165) is 0 Å². The normalized spacial score (nSPS) is 10.6. The van der Waals surface area contributed by atoms with Crippen LogP contribution >= 0.6 is 0 Å². The molecule has 0 bridgehead atoms. The van der Waals surface area contributed by atoms with Crippen molar-refractivity contribution in [2.24, 2.45) is 0 Å². The highest BCUT2D eigenvalue weighted by molar-refractivity contribution is 6.09. The first-order chi connectivity index (χ1) is 11.5. The monoisotopic (exact) mass is 323 g/mol. The van der Waals surface area contributed by atoms with Gasteiger partial charge in [-0.05, 0) is 48.0 Å². The van der Waals surface area contributed by atoms with Gasteiger partial charge in [-0.2, -0.15) is 5.26 Å². The lowest BCUT2D eigenvalue weighted by molar-refractivity contribution is -0.114. The van der Waals surface area contributed by atoms with Crippen molar-refractivity contribution in [2.45, 2.75) is 6.92 Å². The molecule has 0 unspecified atom stereocenters. The molecule has 24 heavy (non-hydrogen) atoms. The number of carbonyl (C=O) groups excluding carboxylic acids is 2. The molecule has 0 fully saturated rings. The molecule has 0 atom stereocenters. The third-order valence-electron chi connectivity index (χ3n) is 3.01. The van der Waals surface area contributed by atoms with Gasteiger partial charge in [0.25, 0.3) is 5.91 Å². The van der Waals surface area contributed by atoms with Crippen molar-refractivity contribution in [3.8, 4) is 6.07 Å². The minimum absolute atomic E-state index is 0.104. The van der Waals surface area contributed by atoms with Gasteiger partial charge in [0, 0.05) is 18.3 Å². The zero-order valence-electron chi connectivity index (χ0n) is 12.8. The predicted molar refractivity (Wildman–Crippen MR) is 89.4 cm³/mol. The van der Waals surface area contributed by atoms with Crippen LogP contribution in [-0.2, 0) is 9.59 Å². The van der Waals surface area contributed by atoms with E-state index >= 15 is 0 Å². The summed E-state index contributed by atoms with van der Waals surface area (Å²) in [6.07, 6.45) is 1.38. The average Bonchev–Trinajstić information content (AvgIpc) is 2.55. The van der Waals surface area contributed by atoms with Crippen LogP contribution in [0.4, 0.5) is 15.8 Å². The van der Waals surface area contributed by atoms with Gasteiger partial charge in [0.1, 0.15) is 17.5 Å². The molecule has 0 aromatic heterocycles. The first kappa shape index (κ1) is 16.9. The predicted octanol–water partition coefficient (Wildman–Crippen LogP) is 3.33. The Kier molecular flexibility index (Phi) is 5.42. The molecular formula is C18H14FN3O2. The Labute approximate surface area is 138 Å². The Morgan fingerprint density at radius 3 is 2.04 bits per heavy atom. The molecule has 0 saturated heterocycles. The maximum absolute atomic E-state index is 12.9. The van der Waals surface area contributed by atoms with Gasteiger partial charge in [0.2, 0.25) is 5.91 Å². The second-order valence-corrected chi connectivity index (χ2v) is 4.93. The fourth-order valence-electron chi connectivity index (χ4n) is 1.91. The summed E-state index contributed by atoms with van der Waals surface area (Å²) in [6.45, 7) is 1.40. The van der Waals surface area contributed by atoms with Crippen molar-refractivity contribution < 1.29 is 14.0 Å². The van der Waals surface area contributed by atoms with Crippen LogP contribution in [0.5, 0.6) is 0 Å². The summed E-state index contributed by atoms with van der Waals surface area (Å²) >= 11 is 0. The molecule has 0 spiro atoms. The highest BCUT2D eigenvalue weighted by Crippen LogP contribution is 2.15. The molecule has 0 aliphatic carbocycles. The number of nitrogens with one attached hydrogen (secondary N) is 2. The Morgan fingerprint density at radius 1 is 1.00 bits per heavy atom. The van der Waals surface area contributed by atoms with Crippen LogP contribution in [0.2, 0.25) is 0 Å². The Balaban J connectivity index is 2.10. The van der Waals surface area contributed by atoms with Crippen LogP contribution in [0.1, 0.15) is 12.5 Å². The Morgan fingerprint density at radius 2 is 1.54 bits per heavy atom. The van der Waals surface area contributed by atoms with Crippen LogP contribution in [0.15, 0.2) is 54.1 Å². The third-order valence-corrected chi connectivity index (χ3v) is 3.01. The fourth-order valence-corrected chi connectivity index (χ4v) is 1.91. The molecule has 0 saturated carbocycles. The standard InChI is InChI=1S/C18H14FN3O2/c1-12(23)21-16-6-8-17(9-7-16)22-18(24)14(11-20)10-13-2-4-15(19)5-3-13/h2-10H,1H3,(H,21,23)(H,22,24)/b14-10+. The molecule has 0 aliphatic heterocycles. The summed E-state index contributed by atoms with van der Waals surface area (Å²) < 4.78 is 12.9. The lowest BCUT2D eigenvalue weighted by Gasteiger charge is -2.06. The summed E-state index contributed by atoms with van der Waals surface area (Å²) in [4.78, 5) is 23.1. The molecule has 120 valence electrons. The average molecular weight is 323 g/mol. The molecule has 5 nitrogen and oxygen atoms in total. The molecule has 0 heterocycles. The quantitative estimate of drug-likeness (QED) is 0.669. The van der Waals surface area contributed by atoms with Gasteiger partial charge in [-0.25, -0.2) is 4.39 Å². The van der Waals surface area contributed by atoms with Crippen LogP contribution in [0.3, 0.4) is 0 Å². The van der Waals surface area contributed by atoms with E-state index in [-0.39, 0.29) is 11.5 Å². The highest BCUT2D eigenvalue weighted by atomic mass is 19.1. The Bertz CT molecular complexity index is 819. The lowest BCUT2D eigenvalue weighted by atomic mass is 10.1. The van der Waals surface area contributed by atoms with E-state index in [0.29, 0.717) is 16.9 Å². The number of rotatable bonds is 4. The molecule has 0 aliphatic rings. The molecule has 2 rings (SSSR count). The van der Waals surface area contributed by atoms with Gasteiger partial charge in [-0.1, -0.05) is 12.1 Å². The van der Waals surface area contributed by atoms with E-state index in [2.05, 4.69) is 10.6 Å². The minimum Gasteiger partial charge on any atom is -0.326 e. The van der Waals surface area contributed by atoms with Crippen LogP contribution in [0, 0.1) is 17.1 Å². The number of halogens is 1. The van der Waals surface area contributed by atoms with Crippen LogP contribution < -0.4 is 10.6 Å². The van der Waals surface area contributed by atoms with Gasteiger partial charge in [-0.3, -0.25) is 9.59 Å². The van der Waals surface area contributed by atoms with E-state index in [1.165, 1.54) is 37.3 Å². The SMILES string of the molecule is CC(=O)Nc1ccc(NC(=O)/C(C#N)=C/c2ccc(F)cc2)cc1. The van der Waals surface area contributed by atoms with Crippen LogP contribution in [0.25, 0.3) is 6.08 Å². The number of hydrogen-bond acceptors (Lipinski definition) is 3. The van der Waals surface area contributed by atoms with E-state index in [1.54, 1.807) is 24.3 Å². The number of carbonyl (C=O) groups is 2. The topological polar surface area (TPSA) is 82.0 Å². The molecule has 2 amide bonds. The van der Waals surface area contributed by atoms with Crippen molar-refractivity contribution in [3.63, 3.8) is 0 Å². The smallest absolute Gasteiger partial charge is 0.266 e. The van der Waals surface area contributed by atoms with E-state index in [9.17, 15) is 14.0 Å². The minimum atomic E-state index is -0.575. The number of nitrogens with zero attached hydrogens (tertiary/aromatic N) is 1. The van der Waals surface area contributed by atoms with Crippen LogP contribution in [-0.4, -0.2) is 11.8 Å². The lowest BCUT2D eigenvalue weighted by Crippen LogP contribution is -2.13. The van der Waals surface area contributed by atoms with Crippen molar-refractivity contribution in [1.82, 2.24) is 0 Å². The molecular weight excluding hydrogens is 309 g/mol. The summed E-state index contributed by atoms with van der Waals surface area (Å²) in [5, 5.41) is 14.3. The summed E-state index contributed by atoms with van der Waals surface area (Å²) in [6, 6.07) is 13.7. The third kappa shape index (κ3) is 4.78. The number of benzene rings is 2. The summed E-state index contributed by atoms with van der Waals surface area (Å²) in [5.41, 5.74) is 1.52. The first-order valence-corrected chi connectivity index (χ1v) is 7.04. The summed E-state index contributed by atoms with van der Waals surface area (Å²) in [5.74, 6) is -1.16. The largest absolute Gasteiger partial charge is 0.326 e. The number of anilines is 2. The van der Waals surface area contributed by atoms with Gasteiger partial charge >= 0.3 is 0 Å². The number of amides is 2. The second-order valence-electron chi connectivity index (χ2n) is 4.93. The van der Waals surface area contributed by atoms with E-state index in [1.807, 2.05) is 6.07 Å². The molecule has 2 N–H and O–H groups in total. The highest BCUT2D eigenvalue weighted by Gasteiger charge is 2.09. The molecule has 2 aromatic rings. The first-order valence-electron chi connectivity index (χ1n) is 7.04. The van der Waals surface area contributed by atoms with E-state index in [4.69, 9.17) is 5.26 Å². The van der Waals surface area contributed by atoms with Crippen molar-refractivity contribution in [3.05, 3.63) is 65.5 Å². The van der Waals surface area contributed by atoms with Crippen molar-refractivity contribution in [1.29, 1.82) is 5.26 Å². The summed E-state index contributed by atoms with van der Waals surface area (Å²) in [7, 11) is 0. The van der Waals surface area contributed by atoms with Gasteiger partial charge in [-0.15, -0.1) is 0 Å². The maximum atomic E-state index is 12.9. The maximum Gasteiger partial charge on any atom is 0.266 e. The van der Waals surface area contributed by atoms with Gasteiger partial charge < -0.3 is 10.6 Å². The van der Waals surface area contributed by atoms with Gasteiger partial charge in [0.05, 0.1) is 0 Å². The van der Waals surface area contributed by atoms with E-state index < -0.39 is 11.7 Å². The number of nitriles is 1. The van der Waals surface area contributed by atoms with Crippen molar-refractivity contribution >= 4 is 29.3 Å². The Hall–Kier alpha value is -3.46. The van der Waals surface area contributed by atoms with Crippen molar-refractivity contribution in [2.75, 3.05) is 10.6 Å². The fraction of sp³-hybridized carbons (Fsp3) is 0.0556. The van der Waals surface area contributed by atoms with Gasteiger partial charge in [0.15, 0.2) is 0 Å². The molecule has 2 aromatic carbocycles. The number of hydrogen-bond donors (Lipinski definition) is 2.